The second-order valence-electron chi connectivity index (χ2n) is 6.86. The molecule has 0 saturated carbocycles. The Labute approximate surface area is 169 Å². The Morgan fingerprint density at radius 2 is 1.69 bits per heavy atom. The first-order valence-corrected chi connectivity index (χ1v) is 10.6. The summed E-state index contributed by atoms with van der Waals surface area (Å²) < 4.78 is 40.0. The Morgan fingerprint density at radius 3 is 2.21 bits per heavy atom. The SMILES string of the molecule is C[C@H](CO)N(C[C@@H](C)O)C(=O)Cc1ccc(NS(=O)(=O)c2ccc(F)cc2)cc1. The second kappa shape index (κ2) is 9.82. The highest BCUT2D eigenvalue weighted by Crippen LogP contribution is 2.18. The van der Waals surface area contributed by atoms with E-state index in [1.807, 2.05) is 0 Å². The maximum Gasteiger partial charge on any atom is 0.261 e. The van der Waals surface area contributed by atoms with E-state index in [1.165, 1.54) is 29.2 Å². The summed E-state index contributed by atoms with van der Waals surface area (Å²) in [5.41, 5.74) is 0.954. The molecule has 158 valence electrons. The molecule has 2 atom stereocenters. The molecule has 3 N–H and O–H groups in total. The number of benzene rings is 2. The molecule has 9 heteroatoms. The lowest BCUT2D eigenvalue weighted by molar-refractivity contribution is -0.134. The third kappa shape index (κ3) is 6.52. The summed E-state index contributed by atoms with van der Waals surface area (Å²) in [5, 5.41) is 18.9. The number of halogens is 1. The van der Waals surface area contributed by atoms with Crippen molar-refractivity contribution < 1.29 is 27.8 Å². The van der Waals surface area contributed by atoms with Crippen LogP contribution in [-0.4, -0.2) is 54.7 Å². The van der Waals surface area contributed by atoms with Crippen LogP contribution in [0.2, 0.25) is 0 Å². The van der Waals surface area contributed by atoms with Gasteiger partial charge in [0.15, 0.2) is 0 Å². The van der Waals surface area contributed by atoms with Crippen LogP contribution in [-0.2, 0) is 21.2 Å². The van der Waals surface area contributed by atoms with Crippen LogP contribution in [0.15, 0.2) is 53.4 Å². The van der Waals surface area contributed by atoms with Crippen molar-refractivity contribution in [2.75, 3.05) is 17.9 Å². The number of aliphatic hydroxyl groups is 2. The molecule has 0 fully saturated rings. The number of nitrogens with one attached hydrogen (secondary N) is 1. The van der Waals surface area contributed by atoms with Crippen LogP contribution in [0, 0.1) is 5.82 Å². The van der Waals surface area contributed by atoms with Gasteiger partial charge in [-0.15, -0.1) is 0 Å². The molecule has 0 aliphatic rings. The van der Waals surface area contributed by atoms with Gasteiger partial charge in [0.2, 0.25) is 5.91 Å². The first kappa shape index (κ1) is 22.8. The fraction of sp³-hybridized carbons (Fsp3) is 0.350. The summed E-state index contributed by atoms with van der Waals surface area (Å²) in [6.07, 6.45) is -0.682. The summed E-state index contributed by atoms with van der Waals surface area (Å²) in [6.45, 7) is 3.14. The van der Waals surface area contributed by atoms with Gasteiger partial charge in [-0.05, 0) is 55.8 Å². The standard InChI is InChI=1S/C20H25FN2O5S/c1-14(13-24)23(12-15(2)25)20(26)11-16-3-7-18(8-4-16)22-29(27,28)19-9-5-17(21)6-10-19/h3-10,14-15,22,24-25H,11-13H2,1-2H3/t14-,15-/m1/s1. The van der Waals surface area contributed by atoms with Gasteiger partial charge < -0.3 is 15.1 Å². The Balaban J connectivity index is 2.07. The number of anilines is 1. The van der Waals surface area contributed by atoms with Gasteiger partial charge in [0, 0.05) is 12.2 Å². The smallest absolute Gasteiger partial charge is 0.261 e. The topological polar surface area (TPSA) is 107 Å². The van der Waals surface area contributed by atoms with E-state index in [0.29, 0.717) is 11.3 Å². The summed E-state index contributed by atoms with van der Waals surface area (Å²) in [5.74, 6) is -0.787. The minimum atomic E-state index is -3.85. The third-order valence-electron chi connectivity index (χ3n) is 4.26. The van der Waals surface area contributed by atoms with Crippen molar-refractivity contribution in [1.29, 1.82) is 0 Å². The zero-order valence-electron chi connectivity index (χ0n) is 16.2. The van der Waals surface area contributed by atoms with Crippen LogP contribution in [0.5, 0.6) is 0 Å². The Bertz CT molecular complexity index is 915. The monoisotopic (exact) mass is 424 g/mol. The number of aliphatic hydroxyl groups excluding tert-OH is 2. The van der Waals surface area contributed by atoms with Crippen molar-refractivity contribution in [2.45, 2.75) is 37.3 Å². The molecule has 2 aromatic carbocycles. The quantitative estimate of drug-likeness (QED) is 0.569. The van der Waals surface area contributed by atoms with E-state index in [0.717, 1.165) is 12.1 Å². The molecule has 0 spiro atoms. The number of nitrogens with zero attached hydrogens (tertiary/aromatic N) is 1. The predicted molar refractivity (Wildman–Crippen MR) is 107 cm³/mol. The summed E-state index contributed by atoms with van der Waals surface area (Å²) in [4.78, 5) is 13.9. The molecule has 0 bridgehead atoms. The fourth-order valence-corrected chi connectivity index (χ4v) is 3.76. The normalized spacial score (nSPS) is 13.6. The van der Waals surface area contributed by atoms with Crippen molar-refractivity contribution in [3.8, 4) is 0 Å². The van der Waals surface area contributed by atoms with Gasteiger partial charge in [-0.2, -0.15) is 0 Å². The van der Waals surface area contributed by atoms with E-state index in [4.69, 9.17) is 0 Å². The minimum absolute atomic E-state index is 0.0437. The maximum absolute atomic E-state index is 13.0. The molecule has 2 aromatic rings. The molecule has 0 unspecified atom stereocenters. The number of hydrogen-bond donors (Lipinski definition) is 3. The van der Waals surface area contributed by atoms with Crippen molar-refractivity contribution >= 4 is 21.6 Å². The minimum Gasteiger partial charge on any atom is -0.394 e. The number of carbonyl (C=O) groups is 1. The molecule has 0 saturated heterocycles. The summed E-state index contributed by atoms with van der Waals surface area (Å²) in [7, 11) is -3.85. The van der Waals surface area contributed by atoms with Crippen molar-refractivity contribution in [1.82, 2.24) is 4.90 Å². The van der Waals surface area contributed by atoms with Gasteiger partial charge >= 0.3 is 0 Å². The summed E-state index contributed by atoms with van der Waals surface area (Å²) in [6, 6.07) is 10.3. The summed E-state index contributed by atoms with van der Waals surface area (Å²) >= 11 is 0. The van der Waals surface area contributed by atoms with Gasteiger partial charge in [0.1, 0.15) is 5.82 Å². The Hall–Kier alpha value is -2.49. The number of carbonyl (C=O) groups excluding carboxylic acids is 1. The molecule has 7 nitrogen and oxygen atoms in total. The zero-order valence-corrected chi connectivity index (χ0v) is 17.1. The molecule has 0 heterocycles. The first-order chi connectivity index (χ1) is 13.6. The fourth-order valence-electron chi connectivity index (χ4n) is 2.71. The van der Waals surface area contributed by atoms with Gasteiger partial charge in [0.05, 0.1) is 30.1 Å². The largest absolute Gasteiger partial charge is 0.394 e. The van der Waals surface area contributed by atoms with Gasteiger partial charge in [0.25, 0.3) is 10.0 Å². The number of hydrogen-bond acceptors (Lipinski definition) is 5. The molecule has 1 amide bonds. The van der Waals surface area contributed by atoms with Crippen LogP contribution in [0.3, 0.4) is 0 Å². The molecular formula is C20H25FN2O5S. The highest BCUT2D eigenvalue weighted by Gasteiger charge is 2.21. The molecular weight excluding hydrogens is 399 g/mol. The maximum atomic E-state index is 13.0. The average molecular weight is 424 g/mol. The zero-order chi connectivity index (χ0) is 21.6. The van der Waals surface area contributed by atoms with Crippen LogP contribution < -0.4 is 4.72 Å². The van der Waals surface area contributed by atoms with Crippen LogP contribution >= 0.6 is 0 Å². The lowest BCUT2D eigenvalue weighted by atomic mass is 10.1. The average Bonchev–Trinajstić information content (AvgIpc) is 2.67. The Kier molecular flexibility index (Phi) is 7.72. The number of rotatable bonds is 9. The molecule has 0 radical (unpaired) electrons. The van der Waals surface area contributed by atoms with Gasteiger partial charge in [-0.3, -0.25) is 9.52 Å². The van der Waals surface area contributed by atoms with Crippen LogP contribution in [0.4, 0.5) is 10.1 Å². The highest BCUT2D eigenvalue weighted by atomic mass is 32.2. The van der Waals surface area contributed by atoms with Crippen LogP contribution in [0.1, 0.15) is 19.4 Å². The van der Waals surface area contributed by atoms with E-state index in [9.17, 15) is 27.8 Å². The van der Waals surface area contributed by atoms with E-state index < -0.39 is 28.0 Å². The first-order valence-electron chi connectivity index (χ1n) is 9.08. The second-order valence-corrected chi connectivity index (χ2v) is 8.54. The van der Waals surface area contributed by atoms with E-state index in [-0.39, 0.29) is 30.4 Å². The van der Waals surface area contributed by atoms with Gasteiger partial charge in [-0.1, -0.05) is 12.1 Å². The number of sulfonamides is 1. The van der Waals surface area contributed by atoms with Crippen LogP contribution in [0.25, 0.3) is 0 Å². The van der Waals surface area contributed by atoms with E-state index in [1.54, 1.807) is 26.0 Å². The molecule has 29 heavy (non-hydrogen) atoms. The predicted octanol–water partition coefficient (Wildman–Crippen LogP) is 1.76. The lowest BCUT2D eigenvalue weighted by Crippen LogP contribution is -2.45. The Morgan fingerprint density at radius 1 is 1.10 bits per heavy atom. The molecule has 0 aliphatic carbocycles. The van der Waals surface area contributed by atoms with E-state index >= 15 is 0 Å². The van der Waals surface area contributed by atoms with Crippen molar-refractivity contribution in [3.05, 3.63) is 59.9 Å². The third-order valence-corrected chi connectivity index (χ3v) is 5.66. The van der Waals surface area contributed by atoms with Crippen molar-refractivity contribution in [3.63, 3.8) is 0 Å². The molecule has 0 aliphatic heterocycles. The van der Waals surface area contributed by atoms with E-state index in [2.05, 4.69) is 4.72 Å². The van der Waals surface area contributed by atoms with Gasteiger partial charge in [-0.25, -0.2) is 12.8 Å². The highest BCUT2D eigenvalue weighted by molar-refractivity contribution is 7.92. The van der Waals surface area contributed by atoms with Crippen molar-refractivity contribution in [2.24, 2.45) is 0 Å². The number of amides is 1. The molecule has 0 aromatic heterocycles. The molecule has 2 rings (SSSR count). The lowest BCUT2D eigenvalue weighted by Gasteiger charge is -2.29.